The second kappa shape index (κ2) is 5.40. The third kappa shape index (κ3) is 2.91. The zero-order valence-corrected chi connectivity index (χ0v) is 12.2. The number of halogens is 2. The van der Waals surface area contributed by atoms with Crippen molar-refractivity contribution in [3.63, 3.8) is 0 Å². The molecule has 5 heteroatoms. The molecule has 0 aliphatic rings. The van der Waals surface area contributed by atoms with Crippen molar-refractivity contribution in [2.24, 2.45) is 0 Å². The van der Waals surface area contributed by atoms with Crippen LogP contribution in [-0.2, 0) is 6.42 Å². The summed E-state index contributed by atoms with van der Waals surface area (Å²) < 4.78 is 1.94. The molecule has 2 rings (SSSR count). The Hall–Kier alpha value is -0.230. The van der Waals surface area contributed by atoms with E-state index in [0.717, 1.165) is 19.4 Å². The Morgan fingerprint density at radius 2 is 2.19 bits per heavy atom. The van der Waals surface area contributed by atoms with Gasteiger partial charge in [0.05, 0.1) is 6.10 Å². The predicted octanol–water partition coefficient (Wildman–Crippen LogP) is 3.94. The van der Waals surface area contributed by atoms with Gasteiger partial charge in [-0.25, -0.2) is 0 Å². The molecule has 0 aliphatic carbocycles. The highest BCUT2D eigenvalue weighted by Crippen LogP contribution is 2.28. The van der Waals surface area contributed by atoms with Gasteiger partial charge in [0.15, 0.2) is 0 Å². The SMILES string of the molecule is OC(Cc1sccc1Br)c1cncc(Br)c1. The van der Waals surface area contributed by atoms with Crippen LogP contribution in [0.15, 0.2) is 38.9 Å². The number of aliphatic hydroxyl groups excluding tert-OH is 1. The molecule has 1 N–H and O–H groups in total. The molecule has 1 unspecified atom stereocenters. The Kier molecular flexibility index (Phi) is 4.13. The summed E-state index contributed by atoms with van der Waals surface area (Å²) in [6.45, 7) is 0. The minimum atomic E-state index is -0.514. The number of aromatic nitrogens is 1. The monoisotopic (exact) mass is 361 g/mol. The van der Waals surface area contributed by atoms with Crippen LogP contribution in [0.5, 0.6) is 0 Å². The highest BCUT2D eigenvalue weighted by Gasteiger charge is 2.12. The first kappa shape index (κ1) is 12.2. The van der Waals surface area contributed by atoms with Crippen LogP contribution in [0.1, 0.15) is 16.5 Å². The van der Waals surface area contributed by atoms with Crippen molar-refractivity contribution in [3.8, 4) is 0 Å². The number of hydrogen-bond donors (Lipinski definition) is 1. The maximum atomic E-state index is 10.1. The van der Waals surface area contributed by atoms with Crippen molar-refractivity contribution < 1.29 is 5.11 Å². The van der Waals surface area contributed by atoms with Crippen LogP contribution < -0.4 is 0 Å². The van der Waals surface area contributed by atoms with E-state index in [1.807, 2.05) is 17.5 Å². The molecule has 0 radical (unpaired) electrons. The molecule has 0 fully saturated rings. The van der Waals surface area contributed by atoms with E-state index in [1.165, 1.54) is 0 Å². The fourth-order valence-electron chi connectivity index (χ4n) is 1.37. The van der Waals surface area contributed by atoms with Crippen molar-refractivity contribution in [2.75, 3.05) is 0 Å². The summed E-state index contributed by atoms with van der Waals surface area (Å²) in [6, 6.07) is 3.88. The molecular weight excluding hydrogens is 354 g/mol. The van der Waals surface area contributed by atoms with Crippen LogP contribution in [0.2, 0.25) is 0 Å². The van der Waals surface area contributed by atoms with E-state index in [1.54, 1.807) is 23.7 Å². The molecule has 0 bridgehead atoms. The van der Waals surface area contributed by atoms with Crippen LogP contribution in [0.4, 0.5) is 0 Å². The topological polar surface area (TPSA) is 33.1 Å². The van der Waals surface area contributed by atoms with E-state index >= 15 is 0 Å². The second-order valence-electron chi connectivity index (χ2n) is 3.35. The minimum Gasteiger partial charge on any atom is -0.388 e. The summed E-state index contributed by atoms with van der Waals surface area (Å²) in [4.78, 5) is 5.19. The van der Waals surface area contributed by atoms with Crippen molar-refractivity contribution >= 4 is 43.2 Å². The summed E-state index contributed by atoms with van der Waals surface area (Å²) in [5.74, 6) is 0. The quantitative estimate of drug-likeness (QED) is 0.896. The Bertz CT molecular complexity index is 486. The molecule has 0 aromatic carbocycles. The molecule has 0 saturated heterocycles. The fraction of sp³-hybridized carbons (Fsp3) is 0.182. The van der Waals surface area contributed by atoms with E-state index in [9.17, 15) is 5.11 Å². The number of rotatable bonds is 3. The summed E-state index contributed by atoms with van der Waals surface area (Å²) in [6.07, 6.45) is 3.49. The predicted molar refractivity (Wildman–Crippen MR) is 72.6 cm³/mol. The largest absolute Gasteiger partial charge is 0.388 e. The lowest BCUT2D eigenvalue weighted by Crippen LogP contribution is -2.01. The molecule has 2 aromatic rings. The maximum Gasteiger partial charge on any atom is 0.0853 e. The summed E-state index contributed by atoms with van der Waals surface area (Å²) in [7, 11) is 0. The molecule has 84 valence electrons. The third-order valence-electron chi connectivity index (χ3n) is 2.18. The van der Waals surface area contributed by atoms with Gasteiger partial charge in [0, 0.05) is 38.2 Å². The number of nitrogens with zero attached hydrogens (tertiary/aromatic N) is 1. The lowest BCUT2D eigenvalue weighted by molar-refractivity contribution is 0.179. The van der Waals surface area contributed by atoms with Gasteiger partial charge in [-0.1, -0.05) is 0 Å². The minimum absolute atomic E-state index is 0.514. The zero-order chi connectivity index (χ0) is 11.5. The third-order valence-corrected chi connectivity index (χ3v) is 4.56. The molecule has 1 atom stereocenters. The smallest absolute Gasteiger partial charge is 0.0853 e. The van der Waals surface area contributed by atoms with Gasteiger partial charge in [0.25, 0.3) is 0 Å². The molecule has 0 aliphatic heterocycles. The van der Waals surface area contributed by atoms with Gasteiger partial charge < -0.3 is 5.11 Å². The Morgan fingerprint density at radius 1 is 1.38 bits per heavy atom. The Balaban J connectivity index is 2.14. The first-order valence-electron chi connectivity index (χ1n) is 4.67. The Labute approximate surface area is 115 Å². The van der Waals surface area contributed by atoms with Crippen LogP contribution in [0.3, 0.4) is 0 Å². The van der Waals surface area contributed by atoms with Crippen LogP contribution in [0, 0.1) is 0 Å². The fourth-order valence-corrected chi connectivity index (χ4v) is 3.31. The standard InChI is InChI=1S/C11H9Br2NOS/c12-8-3-7(5-14-6-8)10(15)4-11-9(13)1-2-16-11/h1-3,5-6,10,15H,4H2. The van der Waals surface area contributed by atoms with Gasteiger partial charge in [-0.3, -0.25) is 4.98 Å². The van der Waals surface area contributed by atoms with E-state index in [-0.39, 0.29) is 0 Å². The molecule has 0 saturated carbocycles. The van der Waals surface area contributed by atoms with Crippen LogP contribution in [0.25, 0.3) is 0 Å². The normalized spacial score (nSPS) is 12.7. The van der Waals surface area contributed by atoms with Gasteiger partial charge in [-0.05, 0) is 49.4 Å². The Morgan fingerprint density at radius 3 is 2.81 bits per heavy atom. The number of aliphatic hydroxyl groups is 1. The molecule has 0 amide bonds. The van der Waals surface area contributed by atoms with E-state index in [2.05, 4.69) is 36.8 Å². The summed E-state index contributed by atoms with van der Waals surface area (Å²) in [5, 5.41) is 12.1. The molecule has 16 heavy (non-hydrogen) atoms. The summed E-state index contributed by atoms with van der Waals surface area (Å²) >= 11 is 8.44. The number of pyridine rings is 1. The molecular formula is C11H9Br2NOS. The maximum absolute atomic E-state index is 10.1. The van der Waals surface area contributed by atoms with Crippen molar-refractivity contribution in [3.05, 3.63) is 49.3 Å². The lowest BCUT2D eigenvalue weighted by Gasteiger charge is -2.09. The van der Waals surface area contributed by atoms with Gasteiger partial charge in [0.1, 0.15) is 0 Å². The van der Waals surface area contributed by atoms with Crippen LogP contribution in [-0.4, -0.2) is 10.1 Å². The summed E-state index contributed by atoms with van der Waals surface area (Å²) in [5.41, 5.74) is 0.828. The zero-order valence-electron chi connectivity index (χ0n) is 8.23. The average Bonchev–Trinajstić information content (AvgIpc) is 2.64. The second-order valence-corrected chi connectivity index (χ2v) is 6.12. The molecule has 2 aromatic heterocycles. The molecule has 0 spiro atoms. The van der Waals surface area contributed by atoms with Crippen LogP contribution >= 0.6 is 43.2 Å². The molecule has 2 nitrogen and oxygen atoms in total. The van der Waals surface area contributed by atoms with Gasteiger partial charge >= 0.3 is 0 Å². The van der Waals surface area contributed by atoms with E-state index in [4.69, 9.17) is 0 Å². The van der Waals surface area contributed by atoms with E-state index in [0.29, 0.717) is 6.42 Å². The van der Waals surface area contributed by atoms with Gasteiger partial charge in [-0.15, -0.1) is 11.3 Å². The van der Waals surface area contributed by atoms with Crippen molar-refractivity contribution in [1.82, 2.24) is 4.98 Å². The first-order chi connectivity index (χ1) is 7.66. The number of hydrogen-bond acceptors (Lipinski definition) is 3. The van der Waals surface area contributed by atoms with Crippen molar-refractivity contribution in [2.45, 2.75) is 12.5 Å². The van der Waals surface area contributed by atoms with Crippen molar-refractivity contribution in [1.29, 1.82) is 0 Å². The number of thiophene rings is 1. The van der Waals surface area contributed by atoms with Gasteiger partial charge in [0.2, 0.25) is 0 Å². The van der Waals surface area contributed by atoms with E-state index < -0.39 is 6.10 Å². The molecule has 2 heterocycles. The highest BCUT2D eigenvalue weighted by atomic mass is 79.9. The average molecular weight is 363 g/mol. The lowest BCUT2D eigenvalue weighted by atomic mass is 10.1. The first-order valence-corrected chi connectivity index (χ1v) is 7.14. The highest BCUT2D eigenvalue weighted by molar-refractivity contribution is 9.10. The van der Waals surface area contributed by atoms with Gasteiger partial charge in [-0.2, -0.15) is 0 Å².